The fourth-order valence-corrected chi connectivity index (χ4v) is 3.96. The van der Waals surface area contributed by atoms with E-state index in [0.29, 0.717) is 16.2 Å². The van der Waals surface area contributed by atoms with Gasteiger partial charge in [0, 0.05) is 34.1 Å². The van der Waals surface area contributed by atoms with Gasteiger partial charge in [0.15, 0.2) is 5.12 Å². The Hall–Kier alpha value is -2.62. The molecule has 0 aliphatic carbocycles. The Kier molecular flexibility index (Phi) is 9.10. The lowest BCUT2D eigenvalue weighted by atomic mass is 10.1. The SMILES string of the molecule is CC(=O)O/N=C(\C)C(=O)c1ccc(Sc2ccc(OCCO)cc2)cc1SC(C)=O. The molecule has 0 saturated heterocycles. The van der Waals surface area contributed by atoms with E-state index in [1.807, 2.05) is 12.1 Å². The highest BCUT2D eigenvalue weighted by molar-refractivity contribution is 8.13. The molecule has 0 fully saturated rings. The number of rotatable bonds is 9. The first-order chi connectivity index (χ1) is 14.3. The molecule has 1 N–H and O–H groups in total. The first kappa shape index (κ1) is 23.7. The fourth-order valence-electron chi connectivity index (χ4n) is 2.27. The van der Waals surface area contributed by atoms with E-state index in [4.69, 9.17) is 9.84 Å². The maximum atomic E-state index is 12.7. The van der Waals surface area contributed by atoms with Crippen LogP contribution in [0.4, 0.5) is 0 Å². The van der Waals surface area contributed by atoms with Gasteiger partial charge in [0.05, 0.1) is 6.61 Å². The highest BCUT2D eigenvalue weighted by Gasteiger charge is 2.18. The molecule has 0 heterocycles. The van der Waals surface area contributed by atoms with Gasteiger partial charge in [0.1, 0.15) is 18.1 Å². The number of oxime groups is 1. The molecule has 0 spiro atoms. The quantitative estimate of drug-likeness (QED) is 0.203. The third kappa shape index (κ3) is 7.33. The number of carbonyl (C=O) groups excluding carboxylic acids is 3. The van der Waals surface area contributed by atoms with Crippen LogP contribution in [0.5, 0.6) is 5.75 Å². The number of carbonyl (C=O) groups is 3. The smallest absolute Gasteiger partial charge is 0.331 e. The molecular weight excluding hydrogens is 426 g/mol. The number of benzene rings is 2. The fraction of sp³-hybridized carbons (Fsp3) is 0.238. The van der Waals surface area contributed by atoms with Crippen molar-refractivity contribution in [1.29, 1.82) is 0 Å². The van der Waals surface area contributed by atoms with Crippen molar-refractivity contribution in [3.8, 4) is 5.75 Å². The van der Waals surface area contributed by atoms with Gasteiger partial charge in [-0.2, -0.15) is 0 Å². The van der Waals surface area contributed by atoms with Crippen molar-refractivity contribution in [2.45, 2.75) is 35.5 Å². The summed E-state index contributed by atoms with van der Waals surface area (Å²) >= 11 is 2.42. The summed E-state index contributed by atoms with van der Waals surface area (Å²) in [6.07, 6.45) is 0. The van der Waals surface area contributed by atoms with Crippen LogP contribution in [0.3, 0.4) is 0 Å². The normalized spacial score (nSPS) is 11.1. The molecule has 0 aliphatic heterocycles. The molecule has 0 unspecified atom stereocenters. The molecular formula is C21H21NO6S2. The summed E-state index contributed by atoms with van der Waals surface area (Å²) < 4.78 is 5.34. The van der Waals surface area contributed by atoms with E-state index in [9.17, 15) is 14.4 Å². The number of hydrogen-bond donors (Lipinski definition) is 1. The summed E-state index contributed by atoms with van der Waals surface area (Å²) in [5, 5.41) is 12.2. The standard InChI is InChI=1S/C21H21NO6S2/c1-13(22-28-14(2)24)21(26)19-9-8-18(12-20(19)29-15(3)25)30-17-6-4-16(5-7-17)27-11-10-23/h4-9,12,23H,10-11H2,1-3H3/b22-13+. The van der Waals surface area contributed by atoms with Crippen molar-refractivity contribution in [3.05, 3.63) is 48.0 Å². The van der Waals surface area contributed by atoms with Gasteiger partial charge in [-0.05, 0) is 49.4 Å². The van der Waals surface area contributed by atoms with E-state index >= 15 is 0 Å². The summed E-state index contributed by atoms with van der Waals surface area (Å²) in [4.78, 5) is 42.1. The van der Waals surface area contributed by atoms with Crippen LogP contribution in [-0.4, -0.2) is 40.9 Å². The van der Waals surface area contributed by atoms with Crippen LogP contribution in [0.25, 0.3) is 0 Å². The minimum Gasteiger partial charge on any atom is -0.491 e. The van der Waals surface area contributed by atoms with Gasteiger partial charge in [-0.25, -0.2) is 4.79 Å². The van der Waals surface area contributed by atoms with Crippen molar-refractivity contribution in [2.24, 2.45) is 5.16 Å². The number of hydrogen-bond acceptors (Lipinski definition) is 9. The maximum Gasteiger partial charge on any atom is 0.331 e. The average molecular weight is 448 g/mol. The van der Waals surface area contributed by atoms with Crippen LogP contribution >= 0.6 is 23.5 Å². The molecule has 0 aromatic heterocycles. The topological polar surface area (TPSA) is 102 Å². The highest BCUT2D eigenvalue weighted by Crippen LogP contribution is 2.34. The lowest BCUT2D eigenvalue weighted by molar-refractivity contribution is -0.140. The molecule has 30 heavy (non-hydrogen) atoms. The van der Waals surface area contributed by atoms with E-state index in [2.05, 4.69) is 9.99 Å². The predicted octanol–water partition coefficient (Wildman–Crippen LogP) is 3.97. The molecule has 0 saturated carbocycles. The van der Waals surface area contributed by atoms with Crippen molar-refractivity contribution >= 4 is 46.1 Å². The third-order valence-electron chi connectivity index (χ3n) is 3.51. The molecule has 2 aromatic carbocycles. The number of aliphatic hydroxyl groups excluding tert-OH is 1. The van der Waals surface area contributed by atoms with Gasteiger partial charge < -0.3 is 14.7 Å². The number of ether oxygens (including phenoxy) is 1. The zero-order valence-corrected chi connectivity index (χ0v) is 18.3. The zero-order chi connectivity index (χ0) is 22.1. The molecule has 0 radical (unpaired) electrons. The van der Waals surface area contributed by atoms with Gasteiger partial charge in [0.25, 0.3) is 0 Å². The Bertz CT molecular complexity index is 956. The first-order valence-electron chi connectivity index (χ1n) is 8.91. The van der Waals surface area contributed by atoms with Crippen molar-refractivity contribution in [2.75, 3.05) is 13.2 Å². The van der Waals surface area contributed by atoms with Crippen molar-refractivity contribution < 1.29 is 29.1 Å². The molecule has 9 heteroatoms. The molecule has 7 nitrogen and oxygen atoms in total. The number of thioether (sulfide) groups is 1. The van der Waals surface area contributed by atoms with E-state index in [1.54, 1.807) is 30.3 Å². The molecule has 0 aliphatic rings. The molecule has 158 valence electrons. The van der Waals surface area contributed by atoms with E-state index in [-0.39, 0.29) is 24.0 Å². The van der Waals surface area contributed by atoms with Crippen LogP contribution in [0, 0.1) is 0 Å². The van der Waals surface area contributed by atoms with Crippen LogP contribution in [0.1, 0.15) is 31.1 Å². The molecule has 0 bridgehead atoms. The van der Waals surface area contributed by atoms with E-state index < -0.39 is 11.8 Å². The average Bonchev–Trinajstić information content (AvgIpc) is 2.70. The molecule has 0 amide bonds. The third-order valence-corrected chi connectivity index (χ3v) is 5.35. The number of ketones is 1. The largest absolute Gasteiger partial charge is 0.491 e. The first-order valence-corrected chi connectivity index (χ1v) is 10.5. The number of Topliss-reactive ketones (excluding diaryl/α,β-unsaturated/α-hetero) is 1. The lowest BCUT2D eigenvalue weighted by Crippen LogP contribution is -2.13. The Labute approximate surface area is 182 Å². The maximum absolute atomic E-state index is 12.7. The Morgan fingerprint density at radius 2 is 1.67 bits per heavy atom. The van der Waals surface area contributed by atoms with Crippen molar-refractivity contribution in [3.63, 3.8) is 0 Å². The predicted molar refractivity (Wildman–Crippen MR) is 115 cm³/mol. The van der Waals surface area contributed by atoms with Crippen LogP contribution in [-0.2, 0) is 14.4 Å². The second-order valence-electron chi connectivity index (χ2n) is 5.99. The molecule has 2 rings (SSSR count). The lowest BCUT2D eigenvalue weighted by Gasteiger charge is -2.10. The number of aliphatic hydroxyl groups is 1. The minimum absolute atomic E-state index is 0.00877. The summed E-state index contributed by atoms with van der Waals surface area (Å²) in [6, 6.07) is 12.5. The van der Waals surface area contributed by atoms with Crippen LogP contribution < -0.4 is 4.74 Å². The van der Waals surface area contributed by atoms with Crippen LogP contribution in [0.2, 0.25) is 0 Å². The van der Waals surface area contributed by atoms with Gasteiger partial charge in [-0.3, -0.25) is 9.59 Å². The van der Waals surface area contributed by atoms with Gasteiger partial charge >= 0.3 is 5.97 Å². The Balaban J connectivity index is 2.24. The second kappa shape index (κ2) is 11.5. The summed E-state index contributed by atoms with van der Waals surface area (Å²) in [5.74, 6) is -0.397. The highest BCUT2D eigenvalue weighted by atomic mass is 32.2. The summed E-state index contributed by atoms with van der Waals surface area (Å²) in [7, 11) is 0. The number of nitrogens with zero attached hydrogens (tertiary/aromatic N) is 1. The summed E-state index contributed by atoms with van der Waals surface area (Å²) in [5.41, 5.74) is 0.315. The van der Waals surface area contributed by atoms with Gasteiger partial charge in [-0.15, -0.1) is 0 Å². The molecule has 2 aromatic rings. The van der Waals surface area contributed by atoms with E-state index in [0.717, 1.165) is 21.6 Å². The molecule has 0 atom stereocenters. The van der Waals surface area contributed by atoms with Gasteiger partial charge in [-0.1, -0.05) is 28.7 Å². The minimum atomic E-state index is -0.625. The zero-order valence-electron chi connectivity index (χ0n) is 16.7. The Morgan fingerprint density at radius 3 is 2.27 bits per heavy atom. The van der Waals surface area contributed by atoms with Gasteiger partial charge in [0.2, 0.25) is 5.78 Å². The van der Waals surface area contributed by atoms with Crippen LogP contribution in [0.15, 0.2) is 62.3 Å². The van der Waals surface area contributed by atoms with Crippen molar-refractivity contribution in [1.82, 2.24) is 0 Å². The monoisotopic (exact) mass is 447 g/mol. The van der Waals surface area contributed by atoms with E-state index in [1.165, 1.54) is 32.5 Å². The second-order valence-corrected chi connectivity index (χ2v) is 8.35. The summed E-state index contributed by atoms with van der Waals surface area (Å²) in [6.45, 7) is 4.23. The Morgan fingerprint density at radius 1 is 1.00 bits per heavy atom.